The van der Waals surface area contributed by atoms with Gasteiger partial charge in [0.1, 0.15) is 0 Å². The molecule has 0 aliphatic carbocycles. The van der Waals surface area contributed by atoms with Gasteiger partial charge >= 0.3 is 0 Å². The van der Waals surface area contributed by atoms with Crippen LogP contribution >= 0.6 is 11.8 Å². The highest BCUT2D eigenvalue weighted by atomic mass is 32.2. The number of hydrogen-bond acceptors (Lipinski definition) is 4. The van der Waals surface area contributed by atoms with E-state index in [1.54, 1.807) is 6.20 Å². The summed E-state index contributed by atoms with van der Waals surface area (Å²) in [5.74, 6) is 2.48. The highest BCUT2D eigenvalue weighted by molar-refractivity contribution is 7.99. The van der Waals surface area contributed by atoms with Gasteiger partial charge in [-0.3, -0.25) is 9.88 Å². The second kappa shape index (κ2) is 4.66. The first-order valence-corrected chi connectivity index (χ1v) is 6.00. The van der Waals surface area contributed by atoms with E-state index in [-0.39, 0.29) is 0 Å². The van der Waals surface area contributed by atoms with Crippen LogP contribution in [0.15, 0.2) is 18.3 Å². The van der Waals surface area contributed by atoms with Gasteiger partial charge in [-0.15, -0.1) is 0 Å². The first kappa shape index (κ1) is 9.80. The van der Waals surface area contributed by atoms with Crippen LogP contribution in [0.5, 0.6) is 0 Å². The average Bonchev–Trinajstić information content (AvgIpc) is 2.19. The number of pyridine rings is 1. The first-order valence-electron chi connectivity index (χ1n) is 4.85. The molecule has 3 nitrogen and oxygen atoms in total. The molecule has 4 heteroatoms. The molecule has 1 aromatic rings. The van der Waals surface area contributed by atoms with E-state index in [1.807, 2.05) is 23.9 Å². The monoisotopic (exact) mass is 209 g/mol. The van der Waals surface area contributed by atoms with Crippen molar-refractivity contribution < 1.29 is 0 Å². The summed E-state index contributed by atoms with van der Waals surface area (Å²) in [7, 11) is 0. The summed E-state index contributed by atoms with van der Waals surface area (Å²) < 4.78 is 0. The summed E-state index contributed by atoms with van der Waals surface area (Å²) in [5.41, 5.74) is 7.59. The Morgan fingerprint density at radius 1 is 1.43 bits per heavy atom. The fourth-order valence-corrected chi connectivity index (χ4v) is 2.55. The molecule has 2 heterocycles. The van der Waals surface area contributed by atoms with Crippen molar-refractivity contribution in [3.8, 4) is 0 Å². The molecular weight excluding hydrogens is 194 g/mol. The molecule has 0 atom stereocenters. The minimum Gasteiger partial charge on any atom is -0.399 e. The van der Waals surface area contributed by atoms with E-state index in [0.717, 1.165) is 17.9 Å². The maximum absolute atomic E-state index is 5.70. The summed E-state index contributed by atoms with van der Waals surface area (Å²) in [6.45, 7) is 3.27. The van der Waals surface area contributed by atoms with Crippen molar-refractivity contribution in [2.45, 2.75) is 6.54 Å². The Morgan fingerprint density at radius 3 is 2.93 bits per heavy atom. The van der Waals surface area contributed by atoms with Gasteiger partial charge in [-0.25, -0.2) is 0 Å². The summed E-state index contributed by atoms with van der Waals surface area (Å²) >= 11 is 2.03. The van der Waals surface area contributed by atoms with E-state index < -0.39 is 0 Å². The molecule has 14 heavy (non-hydrogen) atoms. The van der Waals surface area contributed by atoms with Crippen LogP contribution in [0.25, 0.3) is 0 Å². The third-order valence-corrected chi connectivity index (χ3v) is 3.27. The minimum atomic E-state index is 0.807. The topological polar surface area (TPSA) is 42.1 Å². The molecule has 0 spiro atoms. The SMILES string of the molecule is Nc1ccnc(CN2CCSCC2)c1. The molecule has 0 amide bonds. The summed E-state index contributed by atoms with van der Waals surface area (Å²) in [6.07, 6.45) is 1.78. The third-order valence-electron chi connectivity index (χ3n) is 2.33. The molecule has 76 valence electrons. The molecule has 0 aromatic carbocycles. The van der Waals surface area contributed by atoms with Gasteiger partial charge in [-0.2, -0.15) is 11.8 Å². The summed E-state index contributed by atoms with van der Waals surface area (Å²) in [6, 6.07) is 3.79. The number of anilines is 1. The molecule has 0 bridgehead atoms. The van der Waals surface area contributed by atoms with Crippen LogP contribution < -0.4 is 5.73 Å². The second-order valence-electron chi connectivity index (χ2n) is 3.47. The Hall–Kier alpha value is -0.740. The van der Waals surface area contributed by atoms with Gasteiger partial charge in [0.05, 0.1) is 5.69 Å². The molecule has 1 aliphatic rings. The highest BCUT2D eigenvalue weighted by Crippen LogP contribution is 2.12. The lowest BCUT2D eigenvalue weighted by molar-refractivity contribution is 0.291. The van der Waals surface area contributed by atoms with Crippen LogP contribution in [0.3, 0.4) is 0 Å². The standard InChI is InChI=1S/C10H15N3S/c11-9-1-2-12-10(7-9)8-13-3-5-14-6-4-13/h1-2,7H,3-6,8H2,(H2,11,12). The number of nitrogens with two attached hydrogens (primary N) is 1. The number of thioether (sulfide) groups is 1. The van der Waals surface area contributed by atoms with E-state index in [2.05, 4.69) is 9.88 Å². The Bertz CT molecular complexity index is 297. The van der Waals surface area contributed by atoms with Crippen molar-refractivity contribution in [1.29, 1.82) is 0 Å². The van der Waals surface area contributed by atoms with Crippen LogP contribution in [0, 0.1) is 0 Å². The van der Waals surface area contributed by atoms with Gasteiger partial charge in [0.2, 0.25) is 0 Å². The van der Waals surface area contributed by atoms with Gasteiger partial charge in [-0.05, 0) is 12.1 Å². The Kier molecular flexibility index (Phi) is 3.26. The van der Waals surface area contributed by atoms with Crippen molar-refractivity contribution >= 4 is 17.4 Å². The largest absolute Gasteiger partial charge is 0.399 e. The molecule has 1 saturated heterocycles. The molecule has 1 aliphatic heterocycles. The Balaban J connectivity index is 1.95. The van der Waals surface area contributed by atoms with Crippen molar-refractivity contribution in [2.75, 3.05) is 30.3 Å². The fourth-order valence-electron chi connectivity index (χ4n) is 1.57. The molecule has 2 rings (SSSR count). The van der Waals surface area contributed by atoms with Crippen LogP contribution in [0.4, 0.5) is 5.69 Å². The fraction of sp³-hybridized carbons (Fsp3) is 0.500. The predicted octanol–water partition coefficient (Wildman–Crippen LogP) is 1.21. The lowest BCUT2D eigenvalue weighted by atomic mass is 10.3. The lowest BCUT2D eigenvalue weighted by Crippen LogP contribution is -2.32. The predicted molar refractivity (Wildman–Crippen MR) is 61.3 cm³/mol. The number of rotatable bonds is 2. The van der Waals surface area contributed by atoms with Crippen molar-refractivity contribution in [2.24, 2.45) is 0 Å². The molecule has 2 N–H and O–H groups in total. The van der Waals surface area contributed by atoms with Gasteiger partial charge in [0.25, 0.3) is 0 Å². The zero-order valence-corrected chi connectivity index (χ0v) is 8.96. The molecule has 0 saturated carbocycles. The van der Waals surface area contributed by atoms with Gasteiger partial charge in [-0.1, -0.05) is 0 Å². The average molecular weight is 209 g/mol. The van der Waals surface area contributed by atoms with E-state index in [1.165, 1.54) is 24.6 Å². The Morgan fingerprint density at radius 2 is 2.21 bits per heavy atom. The van der Waals surface area contributed by atoms with Crippen molar-refractivity contribution in [3.63, 3.8) is 0 Å². The van der Waals surface area contributed by atoms with Crippen molar-refractivity contribution in [1.82, 2.24) is 9.88 Å². The normalized spacial score (nSPS) is 18.3. The third kappa shape index (κ3) is 2.62. The minimum absolute atomic E-state index is 0.807. The second-order valence-corrected chi connectivity index (χ2v) is 4.69. The number of nitrogen functional groups attached to an aromatic ring is 1. The van der Waals surface area contributed by atoms with E-state index >= 15 is 0 Å². The summed E-state index contributed by atoms with van der Waals surface area (Å²) in [5, 5.41) is 0. The van der Waals surface area contributed by atoms with Crippen molar-refractivity contribution in [3.05, 3.63) is 24.0 Å². The van der Waals surface area contributed by atoms with E-state index in [4.69, 9.17) is 5.73 Å². The van der Waals surface area contributed by atoms with Gasteiger partial charge in [0, 0.05) is 43.0 Å². The number of hydrogen-bond donors (Lipinski definition) is 1. The maximum atomic E-state index is 5.70. The zero-order chi connectivity index (χ0) is 9.80. The zero-order valence-electron chi connectivity index (χ0n) is 8.15. The van der Waals surface area contributed by atoms with Gasteiger partial charge in [0.15, 0.2) is 0 Å². The van der Waals surface area contributed by atoms with Crippen LogP contribution in [0.1, 0.15) is 5.69 Å². The number of aromatic nitrogens is 1. The molecule has 0 unspecified atom stereocenters. The molecule has 1 fully saturated rings. The quantitative estimate of drug-likeness (QED) is 0.795. The smallest absolute Gasteiger partial charge is 0.0564 e. The highest BCUT2D eigenvalue weighted by Gasteiger charge is 2.10. The van der Waals surface area contributed by atoms with Crippen LogP contribution in [-0.4, -0.2) is 34.5 Å². The molecular formula is C10H15N3S. The van der Waals surface area contributed by atoms with E-state index in [9.17, 15) is 0 Å². The number of nitrogens with zero attached hydrogens (tertiary/aromatic N) is 2. The van der Waals surface area contributed by atoms with E-state index in [0.29, 0.717) is 0 Å². The lowest BCUT2D eigenvalue weighted by Gasteiger charge is -2.25. The molecule has 1 aromatic heterocycles. The molecule has 0 radical (unpaired) electrons. The van der Waals surface area contributed by atoms with Gasteiger partial charge < -0.3 is 5.73 Å². The summed E-state index contributed by atoms with van der Waals surface area (Å²) in [4.78, 5) is 6.73. The maximum Gasteiger partial charge on any atom is 0.0564 e. The Labute approximate surface area is 88.7 Å². The van der Waals surface area contributed by atoms with Crippen LogP contribution in [0.2, 0.25) is 0 Å². The first-order chi connectivity index (χ1) is 6.84. The van der Waals surface area contributed by atoms with Crippen LogP contribution in [-0.2, 0) is 6.54 Å².